The molecular formula is C20H32O3. The molecule has 0 saturated heterocycles. The number of aliphatic carboxylic acids is 1. The summed E-state index contributed by atoms with van der Waals surface area (Å²) in [5.41, 5.74) is 0.000491. The molecule has 7 atom stereocenters. The maximum Gasteiger partial charge on any atom is 0.309 e. The van der Waals surface area contributed by atoms with E-state index in [2.05, 4.69) is 13.8 Å². The third-order valence-electron chi connectivity index (χ3n) is 9.10. The van der Waals surface area contributed by atoms with Crippen LogP contribution in [0.3, 0.4) is 0 Å². The first-order valence-electron chi connectivity index (χ1n) is 9.58. The third-order valence-corrected chi connectivity index (χ3v) is 9.10. The molecule has 23 heavy (non-hydrogen) atoms. The van der Waals surface area contributed by atoms with E-state index in [0.717, 1.165) is 44.9 Å². The van der Waals surface area contributed by atoms with Gasteiger partial charge in [0.15, 0.2) is 0 Å². The Morgan fingerprint density at radius 2 is 1.70 bits per heavy atom. The quantitative estimate of drug-likeness (QED) is 0.760. The molecule has 4 rings (SSSR count). The highest BCUT2D eigenvalue weighted by Gasteiger charge is 2.67. The van der Waals surface area contributed by atoms with E-state index in [-0.39, 0.29) is 22.3 Å². The van der Waals surface area contributed by atoms with Gasteiger partial charge in [-0.15, -0.1) is 0 Å². The van der Waals surface area contributed by atoms with Crippen molar-refractivity contribution in [3.05, 3.63) is 0 Å². The predicted octanol–water partition coefficient (Wildman–Crippen LogP) is 4.23. The number of hydrogen-bond acceptors (Lipinski definition) is 2. The molecule has 0 aliphatic heterocycles. The Labute approximate surface area is 139 Å². The van der Waals surface area contributed by atoms with Gasteiger partial charge < -0.3 is 10.2 Å². The molecule has 0 radical (unpaired) electrons. The second-order valence-corrected chi connectivity index (χ2v) is 10.2. The normalized spacial score (nSPS) is 58.3. The summed E-state index contributed by atoms with van der Waals surface area (Å²) >= 11 is 0. The molecule has 1 unspecified atom stereocenters. The average Bonchev–Trinajstić information content (AvgIpc) is 2.63. The van der Waals surface area contributed by atoms with Crippen LogP contribution in [0.5, 0.6) is 0 Å². The zero-order chi connectivity index (χ0) is 16.7. The van der Waals surface area contributed by atoms with Crippen LogP contribution in [0.1, 0.15) is 78.6 Å². The standard InChI is InChI=1S/C20H32O3/c1-17-9-5-14-18(2)7-4-8-19(3,16(22)23)13(18)6-10-20(14,12-17)11-15(17)21/h13-15,21H,4-12H2,1-3H3,(H,22,23)/t13-,14-,15?,17-,18+,19+,20-/m0/s1. The van der Waals surface area contributed by atoms with Gasteiger partial charge >= 0.3 is 5.97 Å². The van der Waals surface area contributed by atoms with Crippen LogP contribution >= 0.6 is 0 Å². The summed E-state index contributed by atoms with van der Waals surface area (Å²) in [4.78, 5) is 12.1. The first-order valence-corrected chi connectivity index (χ1v) is 9.58. The molecule has 2 bridgehead atoms. The van der Waals surface area contributed by atoms with Crippen LogP contribution in [0, 0.1) is 33.5 Å². The Balaban J connectivity index is 1.74. The second-order valence-electron chi connectivity index (χ2n) is 10.2. The molecular weight excluding hydrogens is 288 g/mol. The highest BCUT2D eigenvalue weighted by molar-refractivity contribution is 5.75. The number of carboxylic acids is 1. The summed E-state index contributed by atoms with van der Waals surface area (Å²) in [5, 5.41) is 20.6. The maximum absolute atomic E-state index is 12.1. The number of aliphatic hydroxyl groups is 1. The molecule has 130 valence electrons. The summed E-state index contributed by atoms with van der Waals surface area (Å²) in [5.74, 6) is 0.327. The van der Waals surface area contributed by atoms with Crippen LogP contribution < -0.4 is 0 Å². The predicted molar refractivity (Wildman–Crippen MR) is 88.9 cm³/mol. The van der Waals surface area contributed by atoms with E-state index in [9.17, 15) is 15.0 Å². The van der Waals surface area contributed by atoms with Crippen molar-refractivity contribution >= 4 is 5.97 Å². The van der Waals surface area contributed by atoms with Crippen molar-refractivity contribution in [1.29, 1.82) is 0 Å². The lowest BCUT2D eigenvalue weighted by Crippen LogP contribution is -2.58. The van der Waals surface area contributed by atoms with Gasteiger partial charge in [-0.25, -0.2) is 0 Å². The lowest BCUT2D eigenvalue weighted by atomic mass is 9.40. The van der Waals surface area contributed by atoms with Gasteiger partial charge in [-0.2, -0.15) is 0 Å². The Kier molecular flexibility index (Phi) is 3.14. The Hall–Kier alpha value is -0.570. The monoisotopic (exact) mass is 320 g/mol. The average molecular weight is 320 g/mol. The van der Waals surface area contributed by atoms with Crippen LogP contribution in [0.25, 0.3) is 0 Å². The molecule has 0 amide bonds. The van der Waals surface area contributed by atoms with E-state index in [1.807, 2.05) is 6.92 Å². The van der Waals surface area contributed by atoms with Gasteiger partial charge in [-0.3, -0.25) is 4.79 Å². The molecule has 1 spiro atoms. The second kappa shape index (κ2) is 4.53. The van der Waals surface area contributed by atoms with Gasteiger partial charge in [0.25, 0.3) is 0 Å². The lowest BCUT2D eigenvalue weighted by Gasteiger charge is -2.63. The number of carbonyl (C=O) groups is 1. The minimum absolute atomic E-state index is 0.116. The van der Waals surface area contributed by atoms with Crippen molar-refractivity contribution in [3.8, 4) is 0 Å². The lowest BCUT2D eigenvalue weighted by molar-refractivity contribution is -0.182. The van der Waals surface area contributed by atoms with E-state index in [0.29, 0.717) is 11.8 Å². The molecule has 0 aromatic rings. The van der Waals surface area contributed by atoms with Crippen LogP contribution in [0.15, 0.2) is 0 Å². The fraction of sp³-hybridized carbons (Fsp3) is 0.950. The zero-order valence-electron chi connectivity index (χ0n) is 14.9. The molecule has 3 nitrogen and oxygen atoms in total. The number of aliphatic hydroxyl groups excluding tert-OH is 1. The van der Waals surface area contributed by atoms with E-state index in [1.54, 1.807) is 0 Å². The van der Waals surface area contributed by atoms with E-state index >= 15 is 0 Å². The van der Waals surface area contributed by atoms with Crippen LogP contribution in [0.4, 0.5) is 0 Å². The molecule has 4 saturated carbocycles. The molecule has 0 aromatic heterocycles. The largest absolute Gasteiger partial charge is 0.481 e. The number of hydrogen-bond donors (Lipinski definition) is 2. The van der Waals surface area contributed by atoms with E-state index in [4.69, 9.17) is 0 Å². The van der Waals surface area contributed by atoms with Crippen LogP contribution in [-0.4, -0.2) is 22.3 Å². The Morgan fingerprint density at radius 3 is 2.39 bits per heavy atom. The van der Waals surface area contributed by atoms with E-state index in [1.165, 1.54) is 12.8 Å². The Morgan fingerprint density at radius 1 is 1.00 bits per heavy atom. The number of rotatable bonds is 1. The SMILES string of the molecule is C[C@@]12CC[C@@H]3[C@@](CC[C@H]4[C@@]3(C)CCC[C@@]4(C)C(=O)O)(CC1O)C2. The highest BCUT2D eigenvalue weighted by Crippen LogP contribution is 2.73. The summed E-state index contributed by atoms with van der Waals surface area (Å²) < 4.78 is 0. The van der Waals surface area contributed by atoms with Gasteiger partial charge in [0, 0.05) is 0 Å². The minimum atomic E-state index is -0.587. The van der Waals surface area contributed by atoms with Crippen molar-refractivity contribution in [2.24, 2.45) is 33.5 Å². The summed E-state index contributed by atoms with van der Waals surface area (Å²) in [6.07, 6.45) is 9.51. The fourth-order valence-corrected chi connectivity index (χ4v) is 7.99. The van der Waals surface area contributed by atoms with Crippen molar-refractivity contribution in [1.82, 2.24) is 0 Å². The molecule has 3 heteroatoms. The highest BCUT2D eigenvalue weighted by atomic mass is 16.4. The molecule has 0 heterocycles. The zero-order valence-corrected chi connectivity index (χ0v) is 14.9. The first-order chi connectivity index (χ1) is 10.7. The van der Waals surface area contributed by atoms with Crippen molar-refractivity contribution < 1.29 is 15.0 Å². The van der Waals surface area contributed by atoms with E-state index < -0.39 is 11.4 Å². The van der Waals surface area contributed by atoms with Crippen molar-refractivity contribution in [2.45, 2.75) is 84.7 Å². The van der Waals surface area contributed by atoms with Gasteiger partial charge in [-0.05, 0) is 86.4 Å². The summed E-state index contributed by atoms with van der Waals surface area (Å²) in [6.45, 7) is 6.68. The van der Waals surface area contributed by atoms with Crippen LogP contribution in [-0.2, 0) is 4.79 Å². The molecule has 4 aliphatic rings. The maximum atomic E-state index is 12.1. The van der Waals surface area contributed by atoms with Crippen molar-refractivity contribution in [3.63, 3.8) is 0 Å². The fourth-order valence-electron chi connectivity index (χ4n) is 7.99. The first kappa shape index (κ1) is 15.9. The molecule has 4 fully saturated rings. The van der Waals surface area contributed by atoms with Crippen molar-refractivity contribution in [2.75, 3.05) is 0 Å². The van der Waals surface area contributed by atoms with Gasteiger partial charge in [0.1, 0.15) is 0 Å². The number of carboxylic acid groups (broad SMARTS) is 1. The molecule has 0 aromatic carbocycles. The smallest absolute Gasteiger partial charge is 0.309 e. The van der Waals surface area contributed by atoms with Gasteiger partial charge in [-0.1, -0.05) is 20.3 Å². The minimum Gasteiger partial charge on any atom is -0.481 e. The topological polar surface area (TPSA) is 57.5 Å². The summed E-state index contributed by atoms with van der Waals surface area (Å²) in [7, 11) is 0. The third kappa shape index (κ3) is 1.83. The molecule has 2 N–H and O–H groups in total. The molecule has 4 aliphatic carbocycles. The van der Waals surface area contributed by atoms with Crippen LogP contribution in [0.2, 0.25) is 0 Å². The number of fused-ring (bicyclic) bond motifs is 3. The van der Waals surface area contributed by atoms with Gasteiger partial charge in [0.2, 0.25) is 0 Å². The van der Waals surface area contributed by atoms with Gasteiger partial charge in [0.05, 0.1) is 11.5 Å². The summed E-state index contributed by atoms with van der Waals surface area (Å²) in [6, 6.07) is 0. The Bertz CT molecular complexity index is 545.